The molecule has 0 N–H and O–H groups in total. The molecule has 0 heterocycles. The van der Waals surface area contributed by atoms with Gasteiger partial charge in [0.25, 0.3) is 0 Å². The van der Waals surface area contributed by atoms with Crippen molar-refractivity contribution in [1.29, 1.82) is 0 Å². The lowest BCUT2D eigenvalue weighted by molar-refractivity contribution is -0.150. The second-order valence-electron chi connectivity index (χ2n) is 8.95. The predicted octanol–water partition coefficient (Wildman–Crippen LogP) is 5.55. The molecular weight excluding hydrogens is 436 g/mol. The van der Waals surface area contributed by atoms with Gasteiger partial charge in [-0.3, -0.25) is 24.0 Å². The maximum absolute atomic E-state index is 12.0. The molecule has 2 atom stereocenters. The smallest absolute Gasteiger partial charge is 0.308 e. The Labute approximate surface area is 205 Å². The molecule has 0 aliphatic heterocycles. The summed E-state index contributed by atoms with van der Waals surface area (Å²) in [7, 11) is 0. The van der Waals surface area contributed by atoms with E-state index in [4.69, 9.17) is 9.47 Å². The van der Waals surface area contributed by atoms with Gasteiger partial charge in [-0.25, -0.2) is 0 Å². The molecular formula is C27H46O7. The second kappa shape index (κ2) is 20.3. The number of ketones is 3. The Bertz CT molecular complexity index is 574. The molecule has 7 nitrogen and oxygen atoms in total. The maximum atomic E-state index is 12.0. The van der Waals surface area contributed by atoms with Crippen LogP contribution in [0.5, 0.6) is 0 Å². The molecule has 0 aliphatic carbocycles. The van der Waals surface area contributed by atoms with Crippen molar-refractivity contribution in [3.63, 3.8) is 0 Å². The molecule has 0 fully saturated rings. The molecule has 196 valence electrons. The number of unbranched alkanes of at least 4 members (excludes halogenated alkanes) is 2. The van der Waals surface area contributed by atoms with E-state index in [1.807, 2.05) is 13.8 Å². The van der Waals surface area contributed by atoms with Gasteiger partial charge in [-0.15, -0.1) is 0 Å². The summed E-state index contributed by atoms with van der Waals surface area (Å²) >= 11 is 0. The quantitative estimate of drug-likeness (QED) is 0.186. The van der Waals surface area contributed by atoms with Crippen molar-refractivity contribution in [2.45, 2.75) is 118 Å². The molecule has 0 spiro atoms. The normalized spacial score (nSPS) is 12.6. The SMILES string of the molecule is CCCC[C@H](CC)C(=O)OCCC(=O)CCC(=O)CCC(=O)CCOC(=O)[C@@H](CC)CCCC. The van der Waals surface area contributed by atoms with Crippen LogP contribution >= 0.6 is 0 Å². The van der Waals surface area contributed by atoms with Crippen molar-refractivity contribution in [1.82, 2.24) is 0 Å². The zero-order chi connectivity index (χ0) is 25.8. The summed E-state index contributed by atoms with van der Waals surface area (Å²) in [5.74, 6) is -1.15. The highest BCUT2D eigenvalue weighted by Crippen LogP contribution is 2.15. The highest BCUT2D eigenvalue weighted by Gasteiger charge is 2.19. The van der Waals surface area contributed by atoms with Gasteiger partial charge in [0.15, 0.2) is 0 Å². The number of carbonyl (C=O) groups excluding carboxylic acids is 5. The predicted molar refractivity (Wildman–Crippen MR) is 131 cm³/mol. The average Bonchev–Trinajstić information content (AvgIpc) is 2.82. The zero-order valence-corrected chi connectivity index (χ0v) is 21.8. The highest BCUT2D eigenvalue weighted by atomic mass is 16.5. The molecule has 0 radical (unpaired) electrons. The monoisotopic (exact) mass is 482 g/mol. The third-order valence-electron chi connectivity index (χ3n) is 6.08. The lowest BCUT2D eigenvalue weighted by Gasteiger charge is -2.13. The molecule has 0 aromatic carbocycles. The van der Waals surface area contributed by atoms with Gasteiger partial charge in [-0.1, -0.05) is 53.4 Å². The summed E-state index contributed by atoms with van der Waals surface area (Å²) in [4.78, 5) is 60.0. The average molecular weight is 483 g/mol. The Morgan fingerprint density at radius 2 is 0.853 bits per heavy atom. The van der Waals surface area contributed by atoms with Crippen LogP contribution in [0.3, 0.4) is 0 Å². The second-order valence-corrected chi connectivity index (χ2v) is 8.95. The van der Waals surface area contributed by atoms with Gasteiger partial charge in [-0.2, -0.15) is 0 Å². The Balaban J connectivity index is 3.98. The third-order valence-corrected chi connectivity index (χ3v) is 6.08. The van der Waals surface area contributed by atoms with E-state index in [1.165, 1.54) is 0 Å². The van der Waals surface area contributed by atoms with Crippen molar-refractivity contribution in [2.75, 3.05) is 13.2 Å². The Morgan fingerprint density at radius 3 is 1.15 bits per heavy atom. The molecule has 34 heavy (non-hydrogen) atoms. The fraction of sp³-hybridized carbons (Fsp3) is 0.815. The number of esters is 2. The molecule has 0 bridgehead atoms. The number of Topliss-reactive ketones (excluding diaryl/α,β-unsaturated/α-hetero) is 3. The van der Waals surface area contributed by atoms with Crippen LogP contribution in [0, 0.1) is 11.8 Å². The first-order valence-electron chi connectivity index (χ1n) is 13.2. The van der Waals surface area contributed by atoms with Crippen molar-refractivity contribution in [2.24, 2.45) is 11.8 Å². The summed E-state index contributed by atoms with van der Waals surface area (Å²) in [6, 6.07) is 0. The van der Waals surface area contributed by atoms with E-state index in [2.05, 4.69) is 13.8 Å². The molecule has 0 rings (SSSR count). The van der Waals surface area contributed by atoms with Crippen LogP contribution in [-0.2, 0) is 33.4 Å². The number of ether oxygens (including phenoxy) is 2. The van der Waals surface area contributed by atoms with Gasteiger partial charge in [-0.05, 0) is 25.7 Å². The summed E-state index contributed by atoms with van der Waals surface area (Å²) < 4.78 is 10.4. The van der Waals surface area contributed by atoms with Gasteiger partial charge >= 0.3 is 11.9 Å². The minimum atomic E-state index is -0.254. The van der Waals surface area contributed by atoms with Crippen molar-refractivity contribution in [3.8, 4) is 0 Å². The van der Waals surface area contributed by atoms with Crippen molar-refractivity contribution >= 4 is 29.3 Å². The van der Waals surface area contributed by atoms with Crippen molar-refractivity contribution < 1.29 is 33.4 Å². The van der Waals surface area contributed by atoms with E-state index in [0.29, 0.717) is 0 Å². The van der Waals surface area contributed by atoms with Crippen LogP contribution in [-0.4, -0.2) is 42.5 Å². The van der Waals surface area contributed by atoms with E-state index >= 15 is 0 Å². The van der Waals surface area contributed by atoms with Crippen LogP contribution in [0.25, 0.3) is 0 Å². The molecule has 0 aromatic rings. The number of hydrogen-bond donors (Lipinski definition) is 0. The topological polar surface area (TPSA) is 104 Å². The number of hydrogen-bond acceptors (Lipinski definition) is 7. The minimum absolute atomic E-state index is 0.0447. The molecule has 0 unspecified atom stereocenters. The lowest BCUT2D eigenvalue weighted by Crippen LogP contribution is -2.19. The first kappa shape index (κ1) is 31.9. The third kappa shape index (κ3) is 15.7. The maximum Gasteiger partial charge on any atom is 0.308 e. The van der Waals surface area contributed by atoms with E-state index in [1.54, 1.807) is 0 Å². The molecule has 0 aromatic heterocycles. The van der Waals surface area contributed by atoms with Crippen LogP contribution < -0.4 is 0 Å². The first-order valence-corrected chi connectivity index (χ1v) is 13.2. The summed E-state index contributed by atoms with van der Waals surface area (Å²) in [6.07, 6.45) is 7.58. The highest BCUT2D eigenvalue weighted by molar-refractivity contribution is 5.89. The first-order chi connectivity index (χ1) is 16.3. The lowest BCUT2D eigenvalue weighted by atomic mass is 10.00. The van der Waals surface area contributed by atoms with Crippen LogP contribution in [0.15, 0.2) is 0 Å². The summed E-state index contributed by atoms with van der Waals surface area (Å²) in [5.41, 5.74) is 0. The molecule has 0 saturated heterocycles. The Kier molecular flexibility index (Phi) is 19.1. The minimum Gasteiger partial charge on any atom is -0.465 e. The van der Waals surface area contributed by atoms with Gasteiger partial charge in [0.2, 0.25) is 0 Å². The fourth-order valence-electron chi connectivity index (χ4n) is 3.58. The molecule has 0 saturated carbocycles. The number of carbonyl (C=O) groups is 5. The Morgan fingerprint density at radius 1 is 0.529 bits per heavy atom. The largest absolute Gasteiger partial charge is 0.465 e. The van der Waals surface area contributed by atoms with E-state index < -0.39 is 0 Å². The van der Waals surface area contributed by atoms with Crippen LogP contribution in [0.4, 0.5) is 0 Å². The van der Waals surface area contributed by atoms with E-state index in [9.17, 15) is 24.0 Å². The number of rotatable bonds is 22. The molecule has 0 amide bonds. The standard InChI is InChI=1S/C27H46O7/c1-5-9-11-21(7-3)26(31)33-19-17-24(29)15-13-23(28)14-16-25(30)18-20-34-27(32)22(8-4)12-10-6-2/h21-22H,5-20H2,1-4H3/t21-,22-/m0/s1. The summed E-state index contributed by atoms with van der Waals surface area (Å²) in [5, 5.41) is 0. The molecule has 0 aliphatic rings. The van der Waals surface area contributed by atoms with Gasteiger partial charge in [0.05, 0.1) is 25.0 Å². The Hall–Kier alpha value is -2.05. The van der Waals surface area contributed by atoms with Crippen molar-refractivity contribution in [3.05, 3.63) is 0 Å². The van der Waals surface area contributed by atoms with Gasteiger partial charge in [0.1, 0.15) is 17.3 Å². The van der Waals surface area contributed by atoms with Crippen LogP contribution in [0.2, 0.25) is 0 Å². The van der Waals surface area contributed by atoms with E-state index in [0.717, 1.165) is 51.4 Å². The van der Waals surface area contributed by atoms with E-state index in [-0.39, 0.29) is 92.9 Å². The van der Waals surface area contributed by atoms with Gasteiger partial charge in [0, 0.05) is 38.5 Å². The fourth-order valence-corrected chi connectivity index (χ4v) is 3.58. The summed E-state index contributed by atoms with van der Waals surface area (Å²) in [6.45, 7) is 8.13. The van der Waals surface area contributed by atoms with Gasteiger partial charge < -0.3 is 9.47 Å². The van der Waals surface area contributed by atoms with Crippen LogP contribution in [0.1, 0.15) is 118 Å². The molecule has 7 heteroatoms. The zero-order valence-electron chi connectivity index (χ0n) is 21.8.